The molecule has 0 atom stereocenters. The van der Waals surface area contributed by atoms with E-state index in [9.17, 15) is 0 Å². The van der Waals surface area contributed by atoms with Gasteiger partial charge in [-0.25, -0.2) is 4.98 Å². The zero-order valence-corrected chi connectivity index (χ0v) is 12.2. The third kappa shape index (κ3) is 2.89. The zero-order chi connectivity index (χ0) is 14.7. The third-order valence-corrected chi connectivity index (χ3v) is 4.28. The molecule has 0 spiro atoms. The van der Waals surface area contributed by atoms with E-state index >= 15 is 0 Å². The average molecular weight is 304 g/mol. The first-order chi connectivity index (χ1) is 10.3. The number of amidine groups is 1. The number of aromatic nitrogens is 2. The molecule has 0 radical (unpaired) electrons. The molecule has 21 heavy (non-hydrogen) atoms. The monoisotopic (exact) mass is 304 g/mol. The van der Waals surface area contributed by atoms with Gasteiger partial charge in [0.25, 0.3) is 0 Å². The van der Waals surface area contributed by atoms with Gasteiger partial charge >= 0.3 is 0 Å². The van der Waals surface area contributed by atoms with Crippen LogP contribution in [0.5, 0.6) is 0 Å². The summed E-state index contributed by atoms with van der Waals surface area (Å²) in [5.74, 6) is 0.0262. The van der Waals surface area contributed by atoms with Gasteiger partial charge in [0.2, 0.25) is 0 Å². The minimum atomic E-state index is 0.0262. The second-order valence-electron chi connectivity index (χ2n) is 4.67. The highest BCUT2D eigenvalue weighted by molar-refractivity contribution is 7.13. The van der Waals surface area contributed by atoms with Gasteiger partial charge in [-0.1, -0.05) is 5.16 Å². The van der Waals surface area contributed by atoms with Crippen LogP contribution in [0.15, 0.2) is 35.1 Å². The van der Waals surface area contributed by atoms with Crippen molar-refractivity contribution in [2.75, 3.05) is 36.0 Å². The van der Waals surface area contributed by atoms with Gasteiger partial charge in [-0.05, 0) is 12.1 Å². The Hall–Kier alpha value is -2.35. The molecule has 1 fully saturated rings. The van der Waals surface area contributed by atoms with Gasteiger partial charge in [0.1, 0.15) is 5.69 Å². The number of pyridine rings is 1. The molecule has 0 bridgehead atoms. The summed E-state index contributed by atoms with van der Waals surface area (Å²) >= 11 is 1.66. The van der Waals surface area contributed by atoms with Crippen molar-refractivity contribution in [1.82, 2.24) is 9.97 Å². The van der Waals surface area contributed by atoms with E-state index in [2.05, 4.69) is 24.9 Å². The molecule has 7 nitrogen and oxygen atoms in total. The summed E-state index contributed by atoms with van der Waals surface area (Å²) in [6.45, 7) is 3.65. The molecule has 0 unspecified atom stereocenters. The smallest absolute Gasteiger partial charge is 0.188 e. The molecule has 0 saturated carbocycles. The minimum absolute atomic E-state index is 0.0262. The first-order valence-electron chi connectivity index (χ1n) is 6.61. The van der Waals surface area contributed by atoms with Crippen LogP contribution in [-0.4, -0.2) is 47.2 Å². The number of oxime groups is 1. The van der Waals surface area contributed by atoms with Gasteiger partial charge in [-0.15, -0.1) is 11.3 Å². The van der Waals surface area contributed by atoms with E-state index in [4.69, 9.17) is 10.9 Å². The Labute approximate surface area is 126 Å². The van der Waals surface area contributed by atoms with Crippen molar-refractivity contribution in [2.45, 2.75) is 0 Å². The van der Waals surface area contributed by atoms with Gasteiger partial charge in [-0.2, -0.15) is 0 Å². The number of nitrogens with two attached hydrogens (primary N) is 1. The van der Waals surface area contributed by atoms with Crippen LogP contribution in [0.2, 0.25) is 0 Å². The Bertz CT molecular complexity index is 621. The van der Waals surface area contributed by atoms with Crippen LogP contribution in [0.25, 0.3) is 0 Å². The van der Waals surface area contributed by atoms with Crippen molar-refractivity contribution in [3.63, 3.8) is 0 Å². The van der Waals surface area contributed by atoms with Crippen molar-refractivity contribution in [3.8, 4) is 0 Å². The zero-order valence-electron chi connectivity index (χ0n) is 11.4. The van der Waals surface area contributed by atoms with Crippen LogP contribution in [0.1, 0.15) is 5.69 Å². The molecule has 1 saturated heterocycles. The summed E-state index contributed by atoms with van der Waals surface area (Å²) in [5.41, 5.74) is 7.10. The van der Waals surface area contributed by atoms with E-state index in [1.54, 1.807) is 17.5 Å². The van der Waals surface area contributed by atoms with E-state index < -0.39 is 0 Å². The molecule has 3 N–H and O–H groups in total. The Morgan fingerprint density at radius 3 is 2.62 bits per heavy atom. The molecule has 3 heterocycles. The SMILES string of the molecule is NC(=NO)c1cc(N2CCN(c3nccs3)CC2)ccn1. The van der Waals surface area contributed by atoms with E-state index in [0.29, 0.717) is 5.69 Å². The maximum atomic E-state index is 8.73. The quantitative estimate of drug-likeness (QED) is 0.380. The van der Waals surface area contributed by atoms with Crippen molar-refractivity contribution in [1.29, 1.82) is 0 Å². The predicted molar refractivity (Wildman–Crippen MR) is 83.3 cm³/mol. The van der Waals surface area contributed by atoms with Gasteiger partial charge in [0, 0.05) is 49.6 Å². The largest absolute Gasteiger partial charge is 0.409 e. The summed E-state index contributed by atoms with van der Waals surface area (Å²) in [4.78, 5) is 13.0. The fourth-order valence-corrected chi connectivity index (χ4v) is 3.03. The average Bonchev–Trinajstić information content (AvgIpc) is 3.09. The topological polar surface area (TPSA) is 90.9 Å². The number of rotatable bonds is 3. The van der Waals surface area contributed by atoms with Crippen molar-refractivity contribution < 1.29 is 5.21 Å². The molecule has 8 heteroatoms. The maximum absolute atomic E-state index is 8.73. The number of piperazine rings is 1. The molecular formula is C13H16N6OS. The van der Waals surface area contributed by atoms with Gasteiger partial charge in [-0.3, -0.25) is 4.98 Å². The molecule has 0 aromatic carbocycles. The molecule has 2 aromatic heterocycles. The second kappa shape index (κ2) is 5.96. The molecule has 1 aliphatic heterocycles. The van der Waals surface area contributed by atoms with Crippen LogP contribution >= 0.6 is 11.3 Å². The molecule has 0 amide bonds. The first kappa shape index (κ1) is 13.6. The van der Waals surface area contributed by atoms with Gasteiger partial charge in [0.15, 0.2) is 11.0 Å². The standard InChI is InChI=1S/C13H16N6OS/c14-12(17-20)11-9-10(1-2-15-11)18-4-6-19(7-5-18)13-16-3-8-21-13/h1-3,8-9,20H,4-7H2,(H2,14,17). The molecule has 0 aliphatic carbocycles. The van der Waals surface area contributed by atoms with E-state index in [1.165, 1.54) is 0 Å². The predicted octanol–water partition coefficient (Wildman–Crippen LogP) is 0.959. The third-order valence-electron chi connectivity index (χ3n) is 3.45. The van der Waals surface area contributed by atoms with E-state index in [1.807, 2.05) is 23.7 Å². The lowest BCUT2D eigenvalue weighted by Crippen LogP contribution is -2.46. The van der Waals surface area contributed by atoms with Crippen LogP contribution in [0.3, 0.4) is 0 Å². The summed E-state index contributed by atoms with van der Waals surface area (Å²) < 4.78 is 0. The highest BCUT2D eigenvalue weighted by Gasteiger charge is 2.19. The Kier molecular flexibility index (Phi) is 3.87. The van der Waals surface area contributed by atoms with Crippen molar-refractivity contribution in [2.24, 2.45) is 10.9 Å². The highest BCUT2D eigenvalue weighted by atomic mass is 32.1. The molecular weight excluding hydrogens is 288 g/mol. The number of hydrogen-bond donors (Lipinski definition) is 2. The summed E-state index contributed by atoms with van der Waals surface area (Å²) in [6.07, 6.45) is 3.51. The fraction of sp³-hybridized carbons (Fsp3) is 0.308. The highest BCUT2D eigenvalue weighted by Crippen LogP contribution is 2.22. The molecule has 1 aliphatic rings. The van der Waals surface area contributed by atoms with Crippen LogP contribution < -0.4 is 15.5 Å². The van der Waals surface area contributed by atoms with Gasteiger partial charge in [0.05, 0.1) is 0 Å². The summed E-state index contributed by atoms with van der Waals surface area (Å²) in [7, 11) is 0. The normalized spacial score (nSPS) is 16.3. The summed E-state index contributed by atoms with van der Waals surface area (Å²) in [5, 5.41) is 14.8. The fourth-order valence-electron chi connectivity index (χ4n) is 2.34. The van der Waals surface area contributed by atoms with Crippen LogP contribution in [0.4, 0.5) is 10.8 Å². The van der Waals surface area contributed by atoms with Crippen molar-refractivity contribution >= 4 is 28.0 Å². The summed E-state index contributed by atoms with van der Waals surface area (Å²) in [6, 6.07) is 3.78. The van der Waals surface area contributed by atoms with E-state index in [0.717, 1.165) is 37.0 Å². The molecule has 110 valence electrons. The Morgan fingerprint density at radius 1 is 1.19 bits per heavy atom. The van der Waals surface area contributed by atoms with Gasteiger partial charge < -0.3 is 20.7 Å². The number of thiazole rings is 1. The van der Waals surface area contributed by atoms with E-state index in [-0.39, 0.29) is 5.84 Å². The number of anilines is 2. The number of hydrogen-bond acceptors (Lipinski definition) is 7. The molecule has 3 rings (SSSR count). The second-order valence-corrected chi connectivity index (χ2v) is 5.55. The number of nitrogens with zero attached hydrogens (tertiary/aromatic N) is 5. The lowest BCUT2D eigenvalue weighted by molar-refractivity contribution is 0.318. The lowest BCUT2D eigenvalue weighted by Gasteiger charge is -2.36. The molecule has 2 aromatic rings. The lowest BCUT2D eigenvalue weighted by atomic mass is 10.2. The Morgan fingerprint density at radius 2 is 1.95 bits per heavy atom. The van der Waals surface area contributed by atoms with Crippen molar-refractivity contribution in [3.05, 3.63) is 35.6 Å². The maximum Gasteiger partial charge on any atom is 0.188 e. The Balaban J connectivity index is 1.69. The minimum Gasteiger partial charge on any atom is -0.409 e. The van der Waals surface area contributed by atoms with Crippen LogP contribution in [0, 0.1) is 0 Å². The first-order valence-corrected chi connectivity index (χ1v) is 7.49. The van der Waals surface area contributed by atoms with Crippen LogP contribution in [-0.2, 0) is 0 Å².